The smallest absolute Gasteiger partial charge is 0.244 e. The summed E-state index contributed by atoms with van der Waals surface area (Å²) in [5.41, 5.74) is 2.26. The summed E-state index contributed by atoms with van der Waals surface area (Å²) in [6.07, 6.45) is 2.62. The van der Waals surface area contributed by atoms with Crippen LogP contribution in [-0.4, -0.2) is 48.8 Å². The molecule has 2 N–H and O–H groups in total. The number of nitrogens with zero attached hydrogens (tertiary/aromatic N) is 1. The zero-order chi connectivity index (χ0) is 20.6. The molecule has 154 valence electrons. The van der Waals surface area contributed by atoms with Crippen molar-refractivity contribution in [2.75, 3.05) is 32.9 Å². The molecule has 1 aliphatic heterocycles. The van der Waals surface area contributed by atoms with Gasteiger partial charge in [0.05, 0.1) is 25.9 Å². The summed E-state index contributed by atoms with van der Waals surface area (Å²) in [7, 11) is 0. The van der Waals surface area contributed by atoms with Crippen LogP contribution < -0.4 is 5.32 Å². The van der Waals surface area contributed by atoms with E-state index >= 15 is 0 Å². The number of halogens is 2. The largest absolute Gasteiger partial charge is 0.394 e. The van der Waals surface area contributed by atoms with Crippen molar-refractivity contribution in [3.05, 3.63) is 76.9 Å². The molecule has 29 heavy (non-hydrogen) atoms. The minimum absolute atomic E-state index is 0.258. The maximum Gasteiger partial charge on any atom is 0.244 e. The van der Waals surface area contributed by atoms with E-state index in [2.05, 4.69) is 10.2 Å². The van der Waals surface area contributed by atoms with Gasteiger partial charge in [0, 0.05) is 25.7 Å². The Balaban J connectivity index is 1.62. The number of aliphatic hydroxyl groups is 1. The van der Waals surface area contributed by atoms with Crippen molar-refractivity contribution in [3.63, 3.8) is 0 Å². The Kier molecular flexibility index (Phi) is 7.46. The van der Waals surface area contributed by atoms with Crippen LogP contribution in [-0.2, 0) is 16.1 Å². The van der Waals surface area contributed by atoms with Crippen LogP contribution in [0.5, 0.6) is 0 Å². The Bertz CT molecular complexity index is 867. The number of hydrogen-bond donors (Lipinski definition) is 2. The molecule has 1 fully saturated rings. The van der Waals surface area contributed by atoms with Gasteiger partial charge in [-0.05, 0) is 34.9 Å². The van der Waals surface area contributed by atoms with E-state index in [1.165, 1.54) is 18.2 Å². The molecule has 1 amide bonds. The first kappa shape index (κ1) is 21.1. The van der Waals surface area contributed by atoms with Crippen LogP contribution in [0.4, 0.5) is 8.78 Å². The quantitative estimate of drug-likeness (QED) is 0.699. The minimum Gasteiger partial charge on any atom is -0.394 e. The number of aliphatic hydroxyl groups excluding tert-OH is 1. The average molecular weight is 402 g/mol. The molecule has 2 aromatic rings. The van der Waals surface area contributed by atoms with Crippen molar-refractivity contribution in [2.24, 2.45) is 0 Å². The first-order valence-corrected chi connectivity index (χ1v) is 9.48. The predicted molar refractivity (Wildman–Crippen MR) is 106 cm³/mol. The first-order valence-electron chi connectivity index (χ1n) is 9.48. The van der Waals surface area contributed by atoms with Gasteiger partial charge in [-0.2, -0.15) is 0 Å². The van der Waals surface area contributed by atoms with Gasteiger partial charge >= 0.3 is 0 Å². The van der Waals surface area contributed by atoms with E-state index in [9.17, 15) is 18.7 Å². The molecule has 0 bridgehead atoms. The summed E-state index contributed by atoms with van der Waals surface area (Å²) in [6.45, 7) is 3.71. The maximum absolute atomic E-state index is 13.2. The van der Waals surface area contributed by atoms with E-state index in [-0.39, 0.29) is 6.61 Å². The zero-order valence-electron chi connectivity index (χ0n) is 16.0. The lowest BCUT2D eigenvalue weighted by Crippen LogP contribution is -2.35. The van der Waals surface area contributed by atoms with Crippen LogP contribution in [0, 0.1) is 11.6 Å². The standard InChI is InChI=1S/C22H24F2N2O3/c23-19-6-4-16(13-20(19)24)5-7-22(28)25-21(15-27)18-3-1-2-17(12-18)14-26-8-10-29-11-9-26/h1-7,12-13,21,27H,8-11,14-15H2,(H,25,28)/b7-5+. The Labute approximate surface area is 168 Å². The van der Waals surface area contributed by atoms with E-state index < -0.39 is 23.6 Å². The van der Waals surface area contributed by atoms with Gasteiger partial charge in [-0.3, -0.25) is 9.69 Å². The van der Waals surface area contributed by atoms with Crippen molar-refractivity contribution in [1.29, 1.82) is 0 Å². The van der Waals surface area contributed by atoms with Crippen LogP contribution in [0.2, 0.25) is 0 Å². The number of ether oxygens (including phenoxy) is 1. The Morgan fingerprint density at radius 2 is 1.97 bits per heavy atom. The summed E-state index contributed by atoms with van der Waals surface area (Å²) in [6, 6.07) is 10.6. The van der Waals surface area contributed by atoms with Crippen LogP contribution in [0.25, 0.3) is 6.08 Å². The van der Waals surface area contributed by atoms with Gasteiger partial charge in [0.25, 0.3) is 0 Å². The van der Waals surface area contributed by atoms with Gasteiger partial charge in [-0.15, -0.1) is 0 Å². The van der Waals surface area contributed by atoms with Crippen molar-refractivity contribution >= 4 is 12.0 Å². The summed E-state index contributed by atoms with van der Waals surface area (Å²) in [5.74, 6) is -2.35. The number of hydrogen-bond acceptors (Lipinski definition) is 4. The summed E-state index contributed by atoms with van der Waals surface area (Å²) < 4.78 is 31.6. The Hall–Kier alpha value is -2.61. The van der Waals surface area contributed by atoms with Gasteiger partial charge in [0.2, 0.25) is 5.91 Å². The predicted octanol–water partition coefficient (Wildman–Crippen LogP) is 2.66. The summed E-state index contributed by atoms with van der Waals surface area (Å²) >= 11 is 0. The zero-order valence-corrected chi connectivity index (χ0v) is 16.0. The topological polar surface area (TPSA) is 61.8 Å². The fourth-order valence-corrected chi connectivity index (χ4v) is 3.17. The van der Waals surface area contributed by atoms with E-state index in [1.54, 1.807) is 0 Å². The minimum atomic E-state index is -0.974. The molecule has 3 rings (SSSR count). The van der Waals surface area contributed by atoms with Gasteiger partial charge in [-0.25, -0.2) is 8.78 Å². The normalized spacial score (nSPS) is 16.1. The van der Waals surface area contributed by atoms with Crippen LogP contribution >= 0.6 is 0 Å². The van der Waals surface area contributed by atoms with E-state index in [1.807, 2.05) is 24.3 Å². The Morgan fingerprint density at radius 3 is 2.69 bits per heavy atom. The summed E-state index contributed by atoms with van der Waals surface area (Å²) in [5, 5.41) is 12.5. The number of nitrogens with one attached hydrogen (secondary N) is 1. The molecule has 0 aliphatic carbocycles. The van der Waals surface area contributed by atoms with Crippen molar-refractivity contribution in [1.82, 2.24) is 10.2 Å². The molecule has 1 atom stereocenters. The second-order valence-corrected chi connectivity index (χ2v) is 6.88. The number of carbonyl (C=O) groups is 1. The van der Waals surface area contributed by atoms with Crippen LogP contribution in [0.15, 0.2) is 48.5 Å². The van der Waals surface area contributed by atoms with Gasteiger partial charge < -0.3 is 15.2 Å². The maximum atomic E-state index is 13.2. The molecule has 0 spiro atoms. The average Bonchev–Trinajstić information content (AvgIpc) is 2.74. The second-order valence-electron chi connectivity index (χ2n) is 6.88. The lowest BCUT2D eigenvalue weighted by atomic mass is 10.0. The number of rotatable bonds is 7. The SMILES string of the molecule is O=C(/C=C/c1ccc(F)c(F)c1)NC(CO)c1cccc(CN2CCOCC2)c1. The molecule has 0 radical (unpaired) electrons. The van der Waals surface area contributed by atoms with Gasteiger partial charge in [0.15, 0.2) is 11.6 Å². The monoisotopic (exact) mass is 402 g/mol. The van der Waals surface area contributed by atoms with Crippen LogP contribution in [0.3, 0.4) is 0 Å². The molecule has 5 nitrogen and oxygen atoms in total. The molecule has 2 aromatic carbocycles. The van der Waals surface area contributed by atoms with E-state index in [0.717, 1.165) is 56.1 Å². The number of benzene rings is 2. The highest BCUT2D eigenvalue weighted by Gasteiger charge is 2.15. The third-order valence-corrected chi connectivity index (χ3v) is 4.73. The lowest BCUT2D eigenvalue weighted by molar-refractivity contribution is -0.117. The molecule has 0 aromatic heterocycles. The number of morpholine rings is 1. The van der Waals surface area contributed by atoms with Crippen molar-refractivity contribution in [2.45, 2.75) is 12.6 Å². The fraction of sp³-hybridized carbons (Fsp3) is 0.318. The highest BCUT2D eigenvalue weighted by atomic mass is 19.2. The second kappa shape index (κ2) is 10.2. The third kappa shape index (κ3) is 6.19. The van der Waals surface area contributed by atoms with Crippen molar-refractivity contribution < 1.29 is 23.4 Å². The highest BCUT2D eigenvalue weighted by Crippen LogP contribution is 2.17. The molecule has 1 saturated heterocycles. The number of amides is 1. The van der Waals surface area contributed by atoms with Gasteiger partial charge in [-0.1, -0.05) is 30.3 Å². The molecular formula is C22H24F2N2O3. The molecule has 1 unspecified atom stereocenters. The molecular weight excluding hydrogens is 378 g/mol. The molecule has 7 heteroatoms. The highest BCUT2D eigenvalue weighted by molar-refractivity contribution is 5.92. The lowest BCUT2D eigenvalue weighted by Gasteiger charge is -2.27. The van der Waals surface area contributed by atoms with E-state index in [4.69, 9.17) is 4.74 Å². The molecule has 0 saturated carbocycles. The molecule has 1 aliphatic rings. The van der Waals surface area contributed by atoms with E-state index in [0.29, 0.717) is 5.56 Å². The van der Waals surface area contributed by atoms with Crippen LogP contribution in [0.1, 0.15) is 22.7 Å². The van der Waals surface area contributed by atoms with Gasteiger partial charge in [0.1, 0.15) is 0 Å². The molecule has 1 heterocycles. The summed E-state index contributed by atoms with van der Waals surface area (Å²) in [4.78, 5) is 14.5. The van der Waals surface area contributed by atoms with Crippen molar-refractivity contribution in [3.8, 4) is 0 Å². The Morgan fingerprint density at radius 1 is 1.17 bits per heavy atom. The third-order valence-electron chi connectivity index (χ3n) is 4.73. The fourth-order valence-electron chi connectivity index (χ4n) is 3.17. The number of carbonyl (C=O) groups excluding carboxylic acids is 1. The first-order chi connectivity index (χ1) is 14.0.